The van der Waals surface area contributed by atoms with Gasteiger partial charge in [-0.3, -0.25) is 0 Å². The van der Waals surface area contributed by atoms with E-state index in [4.69, 9.17) is 21.1 Å². The third-order valence-corrected chi connectivity index (χ3v) is 4.39. The van der Waals surface area contributed by atoms with E-state index in [2.05, 4.69) is 0 Å². The van der Waals surface area contributed by atoms with E-state index in [1.165, 1.54) is 6.07 Å². The zero-order valence-corrected chi connectivity index (χ0v) is 11.8. The lowest BCUT2D eigenvalue weighted by atomic mass is 10.2. The Kier molecular flexibility index (Phi) is 4.15. The molecular formula is C13H11ClO5S. The van der Waals surface area contributed by atoms with Crippen LogP contribution in [0.4, 0.5) is 0 Å². The molecule has 0 aliphatic heterocycles. The van der Waals surface area contributed by atoms with E-state index >= 15 is 0 Å². The fourth-order valence-corrected chi connectivity index (χ4v) is 3.39. The second kappa shape index (κ2) is 5.68. The number of carboxylic acids is 1. The number of rotatable bonds is 5. The molecule has 0 fully saturated rings. The molecule has 0 amide bonds. The summed E-state index contributed by atoms with van der Waals surface area (Å²) in [6, 6.07) is 7.80. The molecule has 1 N–H and O–H groups in total. The predicted molar refractivity (Wildman–Crippen MR) is 73.4 cm³/mol. The van der Waals surface area contributed by atoms with Gasteiger partial charge in [-0.25, -0.2) is 13.2 Å². The molecule has 0 atom stereocenters. The average molecular weight is 315 g/mol. The molecule has 106 valence electrons. The minimum atomic E-state index is -3.49. The maximum atomic E-state index is 12.1. The van der Waals surface area contributed by atoms with E-state index in [-0.39, 0.29) is 22.8 Å². The summed E-state index contributed by atoms with van der Waals surface area (Å²) >= 11 is 5.73. The minimum Gasteiger partial charge on any atom is -0.475 e. The average Bonchev–Trinajstić information content (AvgIpc) is 2.79. The molecule has 0 bridgehead atoms. The molecule has 1 aromatic heterocycles. The lowest BCUT2D eigenvalue weighted by Gasteiger charge is -2.04. The molecule has 0 aliphatic carbocycles. The topological polar surface area (TPSA) is 84.6 Å². The number of carboxylic acid groups (broad SMARTS) is 1. The van der Waals surface area contributed by atoms with Crippen LogP contribution in [0, 0.1) is 0 Å². The normalized spacial score (nSPS) is 11.4. The Labute approximate surface area is 120 Å². The van der Waals surface area contributed by atoms with Crippen molar-refractivity contribution in [2.45, 2.75) is 11.5 Å². The smallest absolute Gasteiger partial charge is 0.372 e. The van der Waals surface area contributed by atoms with E-state index in [1.54, 1.807) is 24.3 Å². The van der Waals surface area contributed by atoms with Crippen LogP contribution in [-0.4, -0.2) is 19.5 Å². The Morgan fingerprint density at radius 1 is 1.15 bits per heavy atom. The molecule has 0 unspecified atom stereocenters. The van der Waals surface area contributed by atoms with Crippen molar-refractivity contribution in [3.05, 3.63) is 58.5 Å². The summed E-state index contributed by atoms with van der Waals surface area (Å²) in [6.45, 7) is 0. The maximum absolute atomic E-state index is 12.1. The van der Waals surface area contributed by atoms with E-state index in [9.17, 15) is 13.2 Å². The molecule has 0 radical (unpaired) electrons. The summed E-state index contributed by atoms with van der Waals surface area (Å²) in [5, 5.41) is 9.39. The largest absolute Gasteiger partial charge is 0.475 e. The van der Waals surface area contributed by atoms with Crippen LogP contribution in [0.1, 0.15) is 21.7 Å². The summed E-state index contributed by atoms with van der Waals surface area (Å²) in [4.78, 5) is 10.9. The lowest BCUT2D eigenvalue weighted by molar-refractivity contribution is 0.0661. The van der Waals surface area contributed by atoms with E-state index in [0.717, 1.165) is 6.26 Å². The van der Waals surface area contributed by atoms with Crippen molar-refractivity contribution in [1.29, 1.82) is 0 Å². The first-order valence-electron chi connectivity index (χ1n) is 5.62. The Hall–Kier alpha value is -1.79. The first-order valence-corrected chi connectivity index (χ1v) is 7.82. The van der Waals surface area contributed by atoms with Crippen molar-refractivity contribution in [2.75, 3.05) is 0 Å². The standard InChI is InChI=1S/C13H11ClO5S/c14-11-3-1-9(2-4-11)7-20(17,18)8-10-5-6-19-12(10)13(15)16/h1-6H,7-8H2,(H,15,16). The van der Waals surface area contributed by atoms with Crippen LogP contribution in [-0.2, 0) is 21.3 Å². The summed E-state index contributed by atoms with van der Waals surface area (Å²) in [5.41, 5.74) is 0.737. The molecule has 2 rings (SSSR count). The van der Waals surface area contributed by atoms with Crippen molar-refractivity contribution in [1.82, 2.24) is 0 Å². The summed E-state index contributed by atoms with van der Waals surface area (Å²) < 4.78 is 28.9. The van der Waals surface area contributed by atoms with Crippen molar-refractivity contribution in [2.24, 2.45) is 0 Å². The van der Waals surface area contributed by atoms with Gasteiger partial charge in [-0.2, -0.15) is 0 Å². The molecule has 1 aromatic carbocycles. The Morgan fingerprint density at radius 3 is 2.40 bits per heavy atom. The highest BCUT2D eigenvalue weighted by Gasteiger charge is 2.20. The molecule has 0 saturated carbocycles. The van der Waals surface area contributed by atoms with Gasteiger partial charge in [0.25, 0.3) is 0 Å². The number of hydrogen-bond donors (Lipinski definition) is 1. The second-order valence-electron chi connectivity index (χ2n) is 4.24. The third kappa shape index (κ3) is 3.61. The van der Waals surface area contributed by atoms with Crippen LogP contribution in [0.3, 0.4) is 0 Å². The fourth-order valence-electron chi connectivity index (χ4n) is 1.76. The van der Waals surface area contributed by atoms with Crippen LogP contribution in [0.5, 0.6) is 0 Å². The van der Waals surface area contributed by atoms with Crippen molar-refractivity contribution < 1.29 is 22.7 Å². The second-order valence-corrected chi connectivity index (χ2v) is 6.74. The summed E-state index contributed by atoms with van der Waals surface area (Å²) in [7, 11) is -3.49. The van der Waals surface area contributed by atoms with Gasteiger partial charge in [0.1, 0.15) is 0 Å². The molecule has 0 spiro atoms. The summed E-state index contributed by atoms with van der Waals surface area (Å²) in [5.74, 6) is -2.20. The molecule has 1 heterocycles. The number of sulfone groups is 1. The molecule has 0 aliphatic rings. The zero-order chi connectivity index (χ0) is 14.8. The minimum absolute atomic E-state index is 0.145. The van der Waals surface area contributed by atoms with Gasteiger partial charge >= 0.3 is 5.97 Å². The first-order chi connectivity index (χ1) is 9.37. The molecule has 20 heavy (non-hydrogen) atoms. The fraction of sp³-hybridized carbons (Fsp3) is 0.154. The van der Waals surface area contributed by atoms with Gasteiger partial charge in [-0.1, -0.05) is 23.7 Å². The van der Waals surface area contributed by atoms with Gasteiger partial charge in [-0.15, -0.1) is 0 Å². The monoisotopic (exact) mass is 314 g/mol. The highest BCUT2D eigenvalue weighted by molar-refractivity contribution is 7.89. The van der Waals surface area contributed by atoms with Gasteiger partial charge in [-0.05, 0) is 23.8 Å². The molecule has 2 aromatic rings. The number of carbonyl (C=O) groups is 1. The Bertz CT molecular complexity index is 715. The highest BCUT2D eigenvalue weighted by atomic mass is 35.5. The van der Waals surface area contributed by atoms with Crippen LogP contribution in [0.2, 0.25) is 5.02 Å². The van der Waals surface area contributed by atoms with Crippen LogP contribution < -0.4 is 0 Å². The lowest BCUT2D eigenvalue weighted by Crippen LogP contribution is -2.10. The molecule has 0 saturated heterocycles. The van der Waals surface area contributed by atoms with Crippen molar-refractivity contribution >= 4 is 27.4 Å². The quantitative estimate of drug-likeness (QED) is 0.917. The SMILES string of the molecule is O=C(O)c1occc1CS(=O)(=O)Cc1ccc(Cl)cc1. The number of benzene rings is 1. The number of furan rings is 1. The predicted octanol–water partition coefficient (Wildman–Crippen LogP) is 2.75. The summed E-state index contributed by atoms with van der Waals surface area (Å²) in [6.07, 6.45) is 1.16. The van der Waals surface area contributed by atoms with Gasteiger partial charge in [0, 0.05) is 10.6 Å². The highest BCUT2D eigenvalue weighted by Crippen LogP contribution is 2.18. The molecule has 7 heteroatoms. The van der Waals surface area contributed by atoms with Gasteiger partial charge in [0.05, 0.1) is 17.8 Å². The van der Waals surface area contributed by atoms with Crippen molar-refractivity contribution in [3.63, 3.8) is 0 Å². The van der Waals surface area contributed by atoms with Gasteiger partial charge in [0.15, 0.2) is 9.84 Å². The number of hydrogen-bond acceptors (Lipinski definition) is 4. The van der Waals surface area contributed by atoms with Gasteiger partial charge < -0.3 is 9.52 Å². The van der Waals surface area contributed by atoms with E-state index < -0.39 is 15.8 Å². The third-order valence-electron chi connectivity index (χ3n) is 2.62. The van der Waals surface area contributed by atoms with Gasteiger partial charge in [0.2, 0.25) is 5.76 Å². The Morgan fingerprint density at radius 2 is 1.80 bits per heavy atom. The number of aromatic carboxylic acids is 1. The van der Waals surface area contributed by atoms with Crippen molar-refractivity contribution in [3.8, 4) is 0 Å². The van der Waals surface area contributed by atoms with E-state index in [1.807, 2.05) is 0 Å². The van der Waals surface area contributed by atoms with Crippen LogP contribution in [0.15, 0.2) is 41.0 Å². The first kappa shape index (κ1) is 14.6. The molecule has 5 nitrogen and oxygen atoms in total. The molecular weight excluding hydrogens is 304 g/mol. The van der Waals surface area contributed by atoms with Crippen LogP contribution >= 0.6 is 11.6 Å². The maximum Gasteiger partial charge on any atom is 0.372 e. The Balaban J connectivity index is 2.17. The van der Waals surface area contributed by atoms with E-state index in [0.29, 0.717) is 10.6 Å². The van der Waals surface area contributed by atoms with Crippen LogP contribution in [0.25, 0.3) is 0 Å². The zero-order valence-electron chi connectivity index (χ0n) is 10.2. The number of halogens is 1.